The highest BCUT2D eigenvalue weighted by Gasteiger charge is 2.47. The number of H-pyrrole nitrogens is 1. The molecule has 0 aromatic carbocycles. The van der Waals surface area contributed by atoms with Crippen LogP contribution in [0.3, 0.4) is 0 Å². The molecule has 1 spiro atoms. The predicted octanol–water partition coefficient (Wildman–Crippen LogP) is 4.47. The lowest BCUT2D eigenvalue weighted by Gasteiger charge is -2.53. The van der Waals surface area contributed by atoms with Gasteiger partial charge in [-0.2, -0.15) is 4.98 Å². The number of aromatic amines is 1. The van der Waals surface area contributed by atoms with Crippen molar-refractivity contribution in [3.63, 3.8) is 0 Å². The Bertz CT molecular complexity index is 1570. The Morgan fingerprint density at radius 3 is 2.72 bits per heavy atom. The van der Waals surface area contributed by atoms with Crippen molar-refractivity contribution in [1.29, 1.82) is 0 Å². The number of imidazole rings is 1. The van der Waals surface area contributed by atoms with E-state index in [1.165, 1.54) is 32.1 Å². The average Bonchev–Trinajstić information content (AvgIpc) is 3.52. The number of morpholine rings is 1. The Hall–Kier alpha value is -3.31. The van der Waals surface area contributed by atoms with Gasteiger partial charge in [-0.1, -0.05) is 36.5 Å². The monoisotopic (exact) mass is 550 g/mol. The third-order valence-corrected chi connectivity index (χ3v) is 8.92. The standard InChI is InChI=1S/C27H31ClN8O3/c1-16-3-5-17(6-4-16)14-35-21-20(18-11-19(28)13-29-12-18)30-23(24-33-26(37)39-34-24)31-22(21)32-25(35)36-9-10-38-15-27(36)7-2-8-27/h11-13,16-17H,2-10,14-15H2,1H3,(H,33,34,37)/t16-,17-. The van der Waals surface area contributed by atoms with E-state index >= 15 is 0 Å². The van der Waals surface area contributed by atoms with Crippen molar-refractivity contribution in [1.82, 2.24) is 34.6 Å². The molecule has 3 fully saturated rings. The van der Waals surface area contributed by atoms with Crippen molar-refractivity contribution < 1.29 is 9.26 Å². The molecule has 0 atom stereocenters. The summed E-state index contributed by atoms with van der Waals surface area (Å²) >= 11 is 6.38. The first-order valence-corrected chi connectivity index (χ1v) is 14.2. The molecule has 4 aromatic rings. The highest BCUT2D eigenvalue weighted by molar-refractivity contribution is 6.30. The van der Waals surface area contributed by atoms with Crippen molar-refractivity contribution in [2.45, 2.75) is 64.0 Å². The molecule has 204 valence electrons. The quantitative estimate of drug-likeness (QED) is 0.382. The number of anilines is 1. The number of nitrogens with zero attached hydrogens (tertiary/aromatic N) is 7. The van der Waals surface area contributed by atoms with E-state index in [0.29, 0.717) is 35.5 Å². The summed E-state index contributed by atoms with van der Waals surface area (Å²) in [5.74, 6) is 1.92. The van der Waals surface area contributed by atoms with E-state index < -0.39 is 5.76 Å². The van der Waals surface area contributed by atoms with Crippen LogP contribution in [0.15, 0.2) is 27.8 Å². The summed E-state index contributed by atoms with van der Waals surface area (Å²) in [6.45, 7) is 5.32. The van der Waals surface area contributed by atoms with Crippen LogP contribution in [0.1, 0.15) is 51.9 Å². The van der Waals surface area contributed by atoms with Crippen molar-refractivity contribution in [3.8, 4) is 22.9 Å². The fraction of sp³-hybridized carbons (Fsp3) is 0.556. The van der Waals surface area contributed by atoms with E-state index in [4.69, 9.17) is 35.8 Å². The smallest absolute Gasteiger partial charge is 0.377 e. The van der Waals surface area contributed by atoms with Crippen molar-refractivity contribution in [3.05, 3.63) is 34.0 Å². The second kappa shape index (κ2) is 9.71. The summed E-state index contributed by atoms with van der Waals surface area (Å²) in [5, 5.41) is 4.34. The minimum Gasteiger partial charge on any atom is -0.377 e. The maximum absolute atomic E-state index is 11.7. The fourth-order valence-electron chi connectivity index (χ4n) is 6.39. The lowest BCUT2D eigenvalue weighted by molar-refractivity contribution is 0.0118. The second-order valence-corrected chi connectivity index (χ2v) is 11.8. The van der Waals surface area contributed by atoms with E-state index in [9.17, 15) is 4.79 Å². The number of nitrogens with one attached hydrogen (secondary N) is 1. The van der Waals surface area contributed by atoms with Gasteiger partial charge in [0.15, 0.2) is 5.65 Å². The van der Waals surface area contributed by atoms with Crippen LogP contribution >= 0.6 is 11.6 Å². The molecule has 3 aliphatic rings. The molecule has 2 saturated carbocycles. The molecule has 0 amide bonds. The minimum atomic E-state index is -0.669. The Morgan fingerprint density at radius 2 is 2.00 bits per heavy atom. The zero-order chi connectivity index (χ0) is 26.6. The summed E-state index contributed by atoms with van der Waals surface area (Å²) in [6, 6.07) is 1.84. The molecule has 39 heavy (non-hydrogen) atoms. The highest BCUT2D eigenvalue weighted by atomic mass is 35.5. The molecule has 0 bridgehead atoms. The number of fused-ring (bicyclic) bond motifs is 1. The van der Waals surface area contributed by atoms with Crippen LogP contribution < -0.4 is 10.7 Å². The predicted molar refractivity (Wildman–Crippen MR) is 146 cm³/mol. The number of halogens is 1. The van der Waals surface area contributed by atoms with Gasteiger partial charge in [0.25, 0.3) is 0 Å². The minimum absolute atomic E-state index is 0.0379. The molecule has 0 unspecified atom stereocenters. The molecule has 1 N–H and O–H groups in total. The molecule has 7 rings (SSSR count). The van der Waals surface area contributed by atoms with Crippen LogP contribution in [0.2, 0.25) is 5.02 Å². The van der Waals surface area contributed by atoms with Crippen molar-refractivity contribution >= 4 is 28.7 Å². The summed E-state index contributed by atoms with van der Waals surface area (Å²) in [5.41, 5.74) is 2.73. The number of aromatic nitrogens is 7. The molecule has 0 radical (unpaired) electrons. The van der Waals surface area contributed by atoms with Crippen LogP contribution in [-0.2, 0) is 11.3 Å². The van der Waals surface area contributed by atoms with Crippen LogP contribution in [0, 0.1) is 11.8 Å². The van der Waals surface area contributed by atoms with Gasteiger partial charge in [0.2, 0.25) is 17.6 Å². The molecule has 1 saturated heterocycles. The maximum atomic E-state index is 11.7. The topological polar surface area (TPSA) is 128 Å². The number of ether oxygens (including phenoxy) is 1. The average molecular weight is 551 g/mol. The normalized spacial score (nSPS) is 22.9. The molecule has 12 heteroatoms. The van der Waals surface area contributed by atoms with Crippen LogP contribution in [0.25, 0.3) is 34.1 Å². The third-order valence-electron chi connectivity index (χ3n) is 8.72. The second-order valence-electron chi connectivity index (χ2n) is 11.3. The fourth-order valence-corrected chi connectivity index (χ4v) is 6.57. The number of rotatable bonds is 5. The van der Waals surface area contributed by atoms with Gasteiger partial charge in [-0.05, 0) is 50.0 Å². The summed E-state index contributed by atoms with van der Waals surface area (Å²) in [6.07, 6.45) is 11.5. The molecule has 5 heterocycles. The highest BCUT2D eigenvalue weighted by Crippen LogP contribution is 2.44. The Morgan fingerprint density at radius 1 is 1.15 bits per heavy atom. The van der Waals surface area contributed by atoms with Gasteiger partial charge >= 0.3 is 5.76 Å². The largest absolute Gasteiger partial charge is 0.439 e. The van der Waals surface area contributed by atoms with Crippen molar-refractivity contribution in [2.24, 2.45) is 11.8 Å². The Labute approximate surface area is 230 Å². The van der Waals surface area contributed by atoms with Gasteiger partial charge in [-0.3, -0.25) is 14.5 Å². The van der Waals surface area contributed by atoms with Gasteiger partial charge in [-0.25, -0.2) is 14.8 Å². The van der Waals surface area contributed by atoms with Gasteiger partial charge in [0.1, 0.15) is 11.2 Å². The number of pyridine rings is 1. The van der Waals surface area contributed by atoms with Crippen LogP contribution in [0.4, 0.5) is 5.95 Å². The van der Waals surface area contributed by atoms with E-state index in [1.807, 2.05) is 6.07 Å². The van der Waals surface area contributed by atoms with Gasteiger partial charge in [-0.15, -0.1) is 0 Å². The number of hydrogen-bond acceptors (Lipinski definition) is 9. The molecule has 11 nitrogen and oxygen atoms in total. The van der Waals surface area contributed by atoms with Gasteiger partial charge < -0.3 is 14.2 Å². The first kappa shape index (κ1) is 24.7. The summed E-state index contributed by atoms with van der Waals surface area (Å²) < 4.78 is 13.0. The Balaban J connectivity index is 1.45. The van der Waals surface area contributed by atoms with E-state index in [0.717, 1.165) is 48.9 Å². The zero-order valence-electron chi connectivity index (χ0n) is 21.9. The molecular weight excluding hydrogens is 520 g/mol. The molecule has 2 aliphatic carbocycles. The van der Waals surface area contributed by atoms with Crippen LogP contribution in [-0.4, -0.2) is 59.9 Å². The first-order valence-electron chi connectivity index (χ1n) is 13.8. The van der Waals surface area contributed by atoms with E-state index in [1.54, 1.807) is 12.4 Å². The third kappa shape index (κ3) is 4.41. The van der Waals surface area contributed by atoms with E-state index in [2.05, 4.69) is 31.5 Å². The van der Waals surface area contributed by atoms with Crippen molar-refractivity contribution in [2.75, 3.05) is 24.7 Å². The SMILES string of the molecule is C[C@H]1CC[C@H](Cn2c(N3CCOCC34CCC4)nc3nc(-c4noc(=O)[nH]4)nc(-c4cncc(Cl)c4)c32)CC1. The lowest BCUT2D eigenvalue weighted by Crippen LogP contribution is -2.62. The lowest BCUT2D eigenvalue weighted by atomic mass is 9.75. The summed E-state index contributed by atoms with van der Waals surface area (Å²) in [4.78, 5) is 35.9. The zero-order valence-corrected chi connectivity index (χ0v) is 22.7. The number of hydrogen-bond donors (Lipinski definition) is 1. The summed E-state index contributed by atoms with van der Waals surface area (Å²) in [7, 11) is 0. The molecule has 1 aliphatic heterocycles. The van der Waals surface area contributed by atoms with Gasteiger partial charge in [0, 0.05) is 31.0 Å². The first-order chi connectivity index (χ1) is 19.0. The van der Waals surface area contributed by atoms with Crippen LogP contribution in [0.5, 0.6) is 0 Å². The Kier molecular flexibility index (Phi) is 6.15. The molecular formula is C27H31ClN8O3. The molecule has 4 aromatic heterocycles. The maximum Gasteiger partial charge on any atom is 0.439 e. The van der Waals surface area contributed by atoms with Gasteiger partial charge in [0.05, 0.1) is 23.8 Å². The van der Waals surface area contributed by atoms with E-state index in [-0.39, 0.29) is 17.2 Å².